The van der Waals surface area contributed by atoms with Crippen molar-refractivity contribution in [3.63, 3.8) is 0 Å². The highest BCUT2D eigenvalue weighted by Gasteiger charge is 2.34. The average Bonchev–Trinajstić information content (AvgIpc) is 3.12. The third-order valence-electron chi connectivity index (χ3n) is 9.16. The Kier molecular flexibility index (Phi) is 6.58. The van der Waals surface area contributed by atoms with Crippen molar-refractivity contribution < 1.29 is 9.59 Å². The quantitative estimate of drug-likeness (QED) is 0.570. The summed E-state index contributed by atoms with van der Waals surface area (Å²) in [6.07, 6.45) is 5.28. The normalized spacial score (nSPS) is 28.5. The molecule has 3 N–H and O–H groups in total. The largest absolute Gasteiger partial charge is 0.371 e. The molecule has 37 heavy (non-hydrogen) atoms. The van der Waals surface area contributed by atoms with Crippen molar-refractivity contribution in [3.05, 3.63) is 28.7 Å². The fourth-order valence-electron chi connectivity index (χ4n) is 6.76. The number of hydrogen-bond acceptors (Lipinski definition) is 7. The van der Waals surface area contributed by atoms with Crippen LogP contribution in [-0.2, 0) is 16.6 Å². The van der Waals surface area contributed by atoms with Crippen LogP contribution in [0, 0.1) is 5.92 Å². The predicted molar refractivity (Wildman–Crippen MR) is 143 cm³/mol. The molecule has 1 aromatic heterocycles. The monoisotopic (exact) mass is 509 g/mol. The lowest BCUT2D eigenvalue weighted by atomic mass is 9.86. The molecule has 6 rings (SSSR count). The van der Waals surface area contributed by atoms with Gasteiger partial charge in [0, 0.05) is 77.1 Å². The molecule has 10 heteroatoms. The lowest BCUT2D eigenvalue weighted by Crippen LogP contribution is -2.57. The molecule has 1 saturated carbocycles. The van der Waals surface area contributed by atoms with Crippen LogP contribution in [0.2, 0.25) is 0 Å². The highest BCUT2D eigenvalue weighted by atomic mass is 16.2. The first-order chi connectivity index (χ1) is 17.9. The second-order valence-corrected chi connectivity index (χ2v) is 11.5. The second kappa shape index (κ2) is 9.89. The van der Waals surface area contributed by atoms with Crippen molar-refractivity contribution in [3.8, 4) is 0 Å². The van der Waals surface area contributed by atoms with E-state index in [0.717, 1.165) is 41.8 Å². The highest BCUT2D eigenvalue weighted by molar-refractivity contribution is 6.00. The number of imide groups is 1. The molecule has 10 nitrogen and oxygen atoms in total. The molecule has 4 aliphatic rings. The topological polar surface area (TPSA) is 109 Å². The number of aromatic nitrogens is 2. The van der Waals surface area contributed by atoms with Crippen molar-refractivity contribution in [2.24, 2.45) is 18.7 Å². The van der Waals surface area contributed by atoms with Gasteiger partial charge in [0.25, 0.3) is 0 Å². The zero-order valence-corrected chi connectivity index (χ0v) is 21.8. The summed E-state index contributed by atoms with van der Waals surface area (Å²) in [5, 5.41) is 2.37. The van der Waals surface area contributed by atoms with Crippen molar-refractivity contribution >= 4 is 28.5 Å². The number of benzene rings is 1. The van der Waals surface area contributed by atoms with Crippen LogP contribution in [0.1, 0.15) is 44.6 Å². The van der Waals surface area contributed by atoms with E-state index in [-0.39, 0.29) is 18.0 Å². The number of piperidine rings is 2. The Balaban J connectivity index is 1.07. The molecule has 200 valence electrons. The first-order valence-corrected chi connectivity index (χ1v) is 13.9. The molecule has 1 aliphatic carbocycles. The number of rotatable bonds is 5. The van der Waals surface area contributed by atoms with E-state index >= 15 is 0 Å². The summed E-state index contributed by atoms with van der Waals surface area (Å²) in [5.41, 5.74) is 8.44. The molecular formula is C27H39N7O3. The fraction of sp³-hybridized carbons (Fsp3) is 0.667. The Morgan fingerprint density at radius 3 is 2.35 bits per heavy atom. The number of aryl methyl sites for hydroxylation is 1. The Hall–Kier alpha value is -2.69. The number of fused-ring (bicyclic) bond motifs is 1. The van der Waals surface area contributed by atoms with Crippen LogP contribution in [0.25, 0.3) is 11.0 Å². The number of carbonyl (C=O) groups excluding carboxylic acids is 2. The predicted octanol–water partition coefficient (Wildman–Crippen LogP) is 0.641. The highest BCUT2D eigenvalue weighted by Crippen LogP contribution is 2.30. The van der Waals surface area contributed by atoms with E-state index in [4.69, 9.17) is 5.73 Å². The zero-order valence-electron chi connectivity index (χ0n) is 21.8. The number of imidazole rings is 1. The molecule has 3 aliphatic heterocycles. The summed E-state index contributed by atoms with van der Waals surface area (Å²) in [7, 11) is 1.75. The van der Waals surface area contributed by atoms with Crippen LogP contribution in [-0.4, -0.2) is 88.6 Å². The van der Waals surface area contributed by atoms with Gasteiger partial charge in [-0.3, -0.25) is 28.9 Å². The summed E-state index contributed by atoms with van der Waals surface area (Å²) in [4.78, 5) is 44.8. The van der Waals surface area contributed by atoms with Gasteiger partial charge < -0.3 is 15.5 Å². The lowest BCUT2D eigenvalue weighted by Gasteiger charge is -2.46. The van der Waals surface area contributed by atoms with Crippen molar-refractivity contribution in [1.82, 2.24) is 24.3 Å². The molecule has 0 bridgehead atoms. The van der Waals surface area contributed by atoms with E-state index in [9.17, 15) is 14.4 Å². The minimum atomic E-state index is -0.649. The fourth-order valence-corrected chi connectivity index (χ4v) is 6.76. The maximum absolute atomic E-state index is 13.1. The van der Waals surface area contributed by atoms with E-state index in [0.29, 0.717) is 12.5 Å². The number of nitrogens with zero attached hydrogens (tertiary/aromatic N) is 5. The summed E-state index contributed by atoms with van der Waals surface area (Å²) in [6.45, 7) is 7.90. The van der Waals surface area contributed by atoms with E-state index in [1.54, 1.807) is 16.2 Å². The zero-order chi connectivity index (χ0) is 25.7. The minimum absolute atomic E-state index is 0.222. The Morgan fingerprint density at radius 1 is 0.946 bits per heavy atom. The van der Waals surface area contributed by atoms with Gasteiger partial charge in [0.05, 0.1) is 11.0 Å². The number of nitrogens with two attached hydrogens (primary N) is 1. The van der Waals surface area contributed by atoms with Gasteiger partial charge >= 0.3 is 5.69 Å². The first kappa shape index (κ1) is 24.6. The van der Waals surface area contributed by atoms with E-state index in [1.807, 2.05) is 6.07 Å². The smallest absolute Gasteiger partial charge is 0.329 e. The molecule has 4 heterocycles. The SMILES string of the molecule is Cn1c(=O)n(C2CCC(=O)NC2=O)c2ccc(N3CCC(CN4CCN(C5CC(N)C5)CC4)CC3)cc21. The number of piperazine rings is 1. The van der Waals surface area contributed by atoms with Crippen molar-refractivity contribution in [1.29, 1.82) is 0 Å². The van der Waals surface area contributed by atoms with E-state index in [2.05, 4.69) is 32.1 Å². The van der Waals surface area contributed by atoms with Crippen LogP contribution < -0.4 is 21.6 Å². The number of amides is 2. The van der Waals surface area contributed by atoms with E-state index in [1.165, 1.54) is 58.4 Å². The van der Waals surface area contributed by atoms with Crippen LogP contribution >= 0.6 is 0 Å². The molecule has 1 atom stereocenters. The lowest BCUT2D eigenvalue weighted by molar-refractivity contribution is -0.135. The molecule has 0 radical (unpaired) electrons. The van der Waals surface area contributed by atoms with Crippen LogP contribution in [0.3, 0.4) is 0 Å². The molecular weight excluding hydrogens is 470 g/mol. The van der Waals surface area contributed by atoms with Gasteiger partial charge in [-0.1, -0.05) is 0 Å². The van der Waals surface area contributed by atoms with Crippen LogP contribution in [0.15, 0.2) is 23.0 Å². The maximum Gasteiger partial charge on any atom is 0.329 e. The third-order valence-corrected chi connectivity index (χ3v) is 9.16. The third kappa shape index (κ3) is 4.70. The molecule has 2 aromatic rings. The molecule has 0 spiro atoms. The Morgan fingerprint density at radius 2 is 1.68 bits per heavy atom. The van der Waals surface area contributed by atoms with Crippen LogP contribution in [0.5, 0.6) is 0 Å². The van der Waals surface area contributed by atoms with Gasteiger partial charge in [0.2, 0.25) is 11.8 Å². The number of nitrogens with one attached hydrogen (secondary N) is 1. The van der Waals surface area contributed by atoms with E-state index < -0.39 is 11.9 Å². The van der Waals surface area contributed by atoms with Gasteiger partial charge in [0.1, 0.15) is 6.04 Å². The Bertz CT molecular complexity index is 1230. The van der Waals surface area contributed by atoms with Gasteiger partial charge in [-0.15, -0.1) is 0 Å². The summed E-state index contributed by atoms with van der Waals surface area (Å²) >= 11 is 0. The minimum Gasteiger partial charge on any atom is -0.371 e. The standard InChI is InChI=1S/C27H39N7O3/c1-30-24-16-20(2-3-22(24)34(27(30)37)23-4-5-25(35)29-26(23)36)32-8-6-18(7-9-32)17-31-10-12-33(13-11-31)21-14-19(28)15-21/h2-3,16,18-19,21,23H,4-15,17,28H2,1H3,(H,29,35,36). The maximum atomic E-state index is 13.1. The molecule has 2 amide bonds. The van der Waals surface area contributed by atoms with Gasteiger partial charge in [0.15, 0.2) is 0 Å². The summed E-state index contributed by atoms with van der Waals surface area (Å²) in [6, 6.07) is 6.59. The second-order valence-electron chi connectivity index (χ2n) is 11.5. The molecule has 1 aromatic carbocycles. The summed E-state index contributed by atoms with van der Waals surface area (Å²) < 4.78 is 3.17. The first-order valence-electron chi connectivity index (χ1n) is 13.9. The Labute approximate surface area is 217 Å². The summed E-state index contributed by atoms with van der Waals surface area (Å²) in [5.74, 6) is 0.0496. The molecule has 3 saturated heterocycles. The van der Waals surface area contributed by atoms with Crippen molar-refractivity contribution in [2.45, 2.75) is 56.7 Å². The average molecular weight is 510 g/mol. The van der Waals surface area contributed by atoms with Gasteiger partial charge in [-0.05, 0) is 56.2 Å². The van der Waals surface area contributed by atoms with Gasteiger partial charge in [-0.25, -0.2) is 4.79 Å². The van der Waals surface area contributed by atoms with Gasteiger partial charge in [-0.2, -0.15) is 0 Å². The van der Waals surface area contributed by atoms with Crippen molar-refractivity contribution in [2.75, 3.05) is 50.7 Å². The molecule has 1 unspecified atom stereocenters. The number of hydrogen-bond donors (Lipinski definition) is 2. The number of anilines is 1. The van der Waals surface area contributed by atoms with Crippen LogP contribution in [0.4, 0.5) is 5.69 Å². The molecule has 4 fully saturated rings. The number of carbonyl (C=O) groups is 2.